The molecule has 0 aliphatic heterocycles. The van der Waals surface area contributed by atoms with Crippen LogP contribution in [0.1, 0.15) is 25.0 Å². The van der Waals surface area contributed by atoms with Gasteiger partial charge in [0.2, 0.25) is 0 Å². The predicted molar refractivity (Wildman–Crippen MR) is 146 cm³/mol. The molecule has 1 atom stereocenters. The fourth-order valence-electron chi connectivity index (χ4n) is 4.20. The number of benzene rings is 3. The standard InChI is InChI=1S/C26H29N3O3S2/c1-3-29(4-2)16-15-27-22-14-13-19(17-18-9-5-7-11-21(18)28-34(31)32)26-24(22)25(30)20-10-6-8-12-23(20)33-26/h5-14,27-28H,3-4,15-17H2,1-2H3,(H,31,32). The van der Waals surface area contributed by atoms with Gasteiger partial charge in [0.1, 0.15) is 0 Å². The highest BCUT2D eigenvalue weighted by molar-refractivity contribution is 7.80. The van der Waals surface area contributed by atoms with E-state index in [1.165, 1.54) is 0 Å². The third kappa shape index (κ3) is 5.31. The Morgan fingerprint density at radius 2 is 1.68 bits per heavy atom. The summed E-state index contributed by atoms with van der Waals surface area (Å²) in [4.78, 5) is 15.9. The Hall–Kier alpha value is -2.78. The molecule has 178 valence electrons. The van der Waals surface area contributed by atoms with Crippen LogP contribution in [0.5, 0.6) is 0 Å². The number of fused-ring (bicyclic) bond motifs is 2. The molecule has 3 aromatic carbocycles. The monoisotopic (exact) mass is 495 g/mol. The van der Waals surface area contributed by atoms with Crippen LogP contribution in [0.25, 0.3) is 20.2 Å². The molecule has 4 aromatic rings. The Labute approximate surface area is 206 Å². The molecule has 6 nitrogen and oxygen atoms in total. The highest BCUT2D eigenvalue weighted by Gasteiger charge is 2.15. The smallest absolute Gasteiger partial charge is 0.259 e. The molecule has 34 heavy (non-hydrogen) atoms. The van der Waals surface area contributed by atoms with Crippen LogP contribution in [0.2, 0.25) is 0 Å². The van der Waals surface area contributed by atoms with E-state index < -0.39 is 11.3 Å². The predicted octanol–water partition coefficient (Wildman–Crippen LogP) is 5.31. The molecule has 0 saturated heterocycles. The molecule has 0 bridgehead atoms. The SMILES string of the molecule is CCN(CC)CCNc1ccc(Cc2ccccc2NS(=O)O)c2sc3ccccc3c(=O)c12. The van der Waals surface area contributed by atoms with Crippen molar-refractivity contribution in [1.29, 1.82) is 0 Å². The zero-order valence-corrected chi connectivity index (χ0v) is 21.0. The first kappa shape index (κ1) is 24.3. The molecular weight excluding hydrogens is 466 g/mol. The van der Waals surface area contributed by atoms with Gasteiger partial charge < -0.3 is 10.2 Å². The third-order valence-electron chi connectivity index (χ3n) is 6.04. The van der Waals surface area contributed by atoms with Crippen molar-refractivity contribution in [2.24, 2.45) is 0 Å². The lowest BCUT2D eigenvalue weighted by atomic mass is 10.0. The molecule has 0 aliphatic carbocycles. The molecule has 1 heterocycles. The fourth-order valence-corrected chi connectivity index (χ4v) is 5.80. The topological polar surface area (TPSA) is 81.7 Å². The summed E-state index contributed by atoms with van der Waals surface area (Å²) in [6.07, 6.45) is 0.533. The molecule has 8 heteroatoms. The van der Waals surface area contributed by atoms with Crippen LogP contribution in [0.3, 0.4) is 0 Å². The molecule has 1 aromatic heterocycles. The third-order valence-corrected chi connectivity index (χ3v) is 7.68. The van der Waals surface area contributed by atoms with Gasteiger partial charge in [-0.3, -0.25) is 14.1 Å². The second-order valence-electron chi connectivity index (χ2n) is 8.04. The molecule has 0 aliphatic rings. The summed E-state index contributed by atoms with van der Waals surface area (Å²) < 4.78 is 25.2. The number of para-hydroxylation sites is 1. The quantitative estimate of drug-likeness (QED) is 0.205. The van der Waals surface area contributed by atoms with E-state index in [4.69, 9.17) is 0 Å². The molecule has 4 rings (SSSR count). The molecule has 0 fully saturated rings. The summed E-state index contributed by atoms with van der Waals surface area (Å²) in [7, 11) is 0. The molecule has 0 saturated carbocycles. The Morgan fingerprint density at radius 1 is 0.941 bits per heavy atom. The Bertz CT molecular complexity index is 1380. The highest BCUT2D eigenvalue weighted by atomic mass is 32.2. The lowest BCUT2D eigenvalue weighted by Gasteiger charge is -2.19. The Kier molecular flexibility index (Phi) is 7.95. The van der Waals surface area contributed by atoms with Crippen LogP contribution in [0, 0.1) is 0 Å². The largest absolute Gasteiger partial charge is 0.383 e. The molecule has 0 radical (unpaired) electrons. The van der Waals surface area contributed by atoms with Gasteiger partial charge in [-0.1, -0.05) is 50.2 Å². The van der Waals surface area contributed by atoms with Gasteiger partial charge in [0, 0.05) is 40.0 Å². The Morgan fingerprint density at radius 3 is 2.44 bits per heavy atom. The van der Waals surface area contributed by atoms with E-state index in [9.17, 15) is 13.6 Å². The lowest BCUT2D eigenvalue weighted by molar-refractivity contribution is 0.316. The van der Waals surface area contributed by atoms with E-state index in [1.54, 1.807) is 17.4 Å². The average Bonchev–Trinajstić information content (AvgIpc) is 2.84. The van der Waals surface area contributed by atoms with Crippen molar-refractivity contribution in [3.63, 3.8) is 0 Å². The number of hydrogen-bond donors (Lipinski definition) is 3. The summed E-state index contributed by atoms with van der Waals surface area (Å²) >= 11 is -0.545. The van der Waals surface area contributed by atoms with E-state index in [-0.39, 0.29) is 5.43 Å². The van der Waals surface area contributed by atoms with E-state index in [0.29, 0.717) is 17.5 Å². The molecule has 0 amide bonds. The first-order valence-electron chi connectivity index (χ1n) is 11.4. The van der Waals surface area contributed by atoms with Crippen molar-refractivity contribution in [2.75, 3.05) is 36.2 Å². The minimum absolute atomic E-state index is 0.0272. The summed E-state index contributed by atoms with van der Waals surface area (Å²) in [5, 5.41) is 4.93. The lowest BCUT2D eigenvalue weighted by Crippen LogP contribution is -2.28. The van der Waals surface area contributed by atoms with Gasteiger partial charge in [0.25, 0.3) is 11.3 Å². The Balaban J connectivity index is 1.80. The number of nitrogens with zero attached hydrogens (tertiary/aromatic N) is 1. The second-order valence-corrected chi connectivity index (χ2v) is 9.80. The van der Waals surface area contributed by atoms with Crippen LogP contribution in [0.4, 0.5) is 11.4 Å². The van der Waals surface area contributed by atoms with Crippen molar-refractivity contribution < 1.29 is 8.76 Å². The van der Waals surface area contributed by atoms with Gasteiger partial charge in [0.15, 0.2) is 5.43 Å². The maximum absolute atomic E-state index is 13.6. The molecule has 0 spiro atoms. The number of hydrogen-bond acceptors (Lipinski definition) is 5. The zero-order chi connectivity index (χ0) is 24.1. The number of rotatable bonds is 10. The van der Waals surface area contributed by atoms with Crippen molar-refractivity contribution in [3.8, 4) is 0 Å². The minimum Gasteiger partial charge on any atom is -0.383 e. The van der Waals surface area contributed by atoms with E-state index in [2.05, 4.69) is 34.9 Å². The second kappa shape index (κ2) is 11.1. The van der Waals surface area contributed by atoms with Gasteiger partial charge in [-0.25, -0.2) is 4.21 Å². The van der Waals surface area contributed by atoms with Gasteiger partial charge >= 0.3 is 0 Å². The van der Waals surface area contributed by atoms with Crippen LogP contribution >= 0.6 is 11.3 Å². The average molecular weight is 496 g/mol. The zero-order valence-electron chi connectivity index (χ0n) is 19.3. The van der Waals surface area contributed by atoms with E-state index in [0.717, 1.165) is 57.8 Å². The van der Waals surface area contributed by atoms with Crippen molar-refractivity contribution >= 4 is 54.2 Å². The van der Waals surface area contributed by atoms with Crippen LogP contribution in [-0.4, -0.2) is 39.8 Å². The normalized spacial score (nSPS) is 12.4. The van der Waals surface area contributed by atoms with Gasteiger partial charge in [-0.2, -0.15) is 0 Å². The van der Waals surface area contributed by atoms with Crippen LogP contribution in [-0.2, 0) is 17.7 Å². The summed E-state index contributed by atoms with van der Waals surface area (Å²) in [6.45, 7) is 7.93. The van der Waals surface area contributed by atoms with Crippen LogP contribution < -0.4 is 15.5 Å². The fraction of sp³-hybridized carbons (Fsp3) is 0.269. The molecule has 1 unspecified atom stereocenters. The van der Waals surface area contributed by atoms with Gasteiger partial charge in [0.05, 0.1) is 11.1 Å². The summed E-state index contributed by atoms with van der Waals surface area (Å²) in [5.41, 5.74) is 3.38. The first-order valence-corrected chi connectivity index (χ1v) is 13.3. The summed E-state index contributed by atoms with van der Waals surface area (Å²) in [5.74, 6) is 0. The van der Waals surface area contributed by atoms with E-state index in [1.807, 2.05) is 48.5 Å². The molecular formula is C26H29N3O3S2. The van der Waals surface area contributed by atoms with E-state index >= 15 is 0 Å². The first-order chi connectivity index (χ1) is 16.5. The summed E-state index contributed by atoms with van der Waals surface area (Å²) in [6, 6.07) is 19.2. The molecule has 3 N–H and O–H groups in total. The number of nitrogens with one attached hydrogen (secondary N) is 2. The van der Waals surface area contributed by atoms with Crippen molar-refractivity contribution in [2.45, 2.75) is 20.3 Å². The highest BCUT2D eigenvalue weighted by Crippen LogP contribution is 2.34. The minimum atomic E-state index is -2.16. The maximum atomic E-state index is 13.6. The van der Waals surface area contributed by atoms with Crippen LogP contribution in [0.15, 0.2) is 65.5 Å². The van der Waals surface area contributed by atoms with Crippen molar-refractivity contribution in [3.05, 3.63) is 82.0 Å². The number of likely N-dealkylation sites (N-methyl/N-ethyl adjacent to an activating group) is 1. The number of anilines is 2. The maximum Gasteiger partial charge on any atom is 0.259 e. The van der Waals surface area contributed by atoms with Crippen molar-refractivity contribution in [1.82, 2.24) is 4.90 Å². The van der Waals surface area contributed by atoms with Gasteiger partial charge in [-0.15, -0.1) is 11.3 Å². The van der Waals surface area contributed by atoms with Gasteiger partial charge in [-0.05, 0) is 48.5 Å².